The van der Waals surface area contributed by atoms with Crippen LogP contribution in [0.15, 0.2) is 28.7 Å². The number of carbonyl (C=O) groups excluding carboxylic acids is 1. The summed E-state index contributed by atoms with van der Waals surface area (Å²) in [6, 6.07) is 8.92. The fourth-order valence-electron chi connectivity index (χ4n) is 5.28. The number of sulfone groups is 1. The van der Waals surface area contributed by atoms with Crippen molar-refractivity contribution in [2.45, 2.75) is 56.2 Å². The summed E-state index contributed by atoms with van der Waals surface area (Å²) in [5.74, 6) is -3.12. The van der Waals surface area contributed by atoms with Crippen molar-refractivity contribution in [1.29, 1.82) is 5.26 Å². The number of alkyl halides is 3. The van der Waals surface area contributed by atoms with E-state index in [-0.39, 0.29) is 42.0 Å². The first-order chi connectivity index (χ1) is 17.5. The van der Waals surface area contributed by atoms with E-state index in [9.17, 15) is 31.6 Å². The third-order valence-electron chi connectivity index (χ3n) is 7.51. The number of rotatable bonds is 5. The molecule has 0 bridgehead atoms. The van der Waals surface area contributed by atoms with E-state index in [1.54, 1.807) is 24.3 Å². The molecule has 3 aliphatic rings. The Morgan fingerprint density at radius 2 is 1.84 bits per heavy atom. The second-order valence-corrected chi connectivity index (χ2v) is 12.4. The van der Waals surface area contributed by atoms with Crippen molar-refractivity contribution < 1.29 is 30.8 Å². The first-order valence-corrected chi connectivity index (χ1v) is 14.2. The van der Waals surface area contributed by atoms with Crippen molar-refractivity contribution in [3.05, 3.63) is 35.9 Å². The minimum atomic E-state index is -4.83. The number of nitrogens with one attached hydrogen (secondary N) is 1. The van der Waals surface area contributed by atoms with Crippen molar-refractivity contribution in [2.75, 3.05) is 29.5 Å². The molecule has 1 saturated heterocycles. The molecule has 0 spiro atoms. The van der Waals surface area contributed by atoms with Gasteiger partial charge in [-0.3, -0.25) is 4.79 Å². The van der Waals surface area contributed by atoms with Gasteiger partial charge in [0.15, 0.2) is 9.84 Å². The Labute approximate surface area is 212 Å². The molecule has 198 valence electrons. The number of nitrogens with zero attached hydrogens (tertiary/aromatic N) is 3. The van der Waals surface area contributed by atoms with Crippen LogP contribution in [-0.2, 0) is 20.8 Å². The normalized spacial score (nSPS) is 24.8. The molecular weight excluding hydrogens is 509 g/mol. The summed E-state index contributed by atoms with van der Waals surface area (Å²) in [5, 5.41) is 12.2. The molecule has 0 radical (unpaired) electrons. The Balaban J connectivity index is 1.55. The molecule has 37 heavy (non-hydrogen) atoms. The van der Waals surface area contributed by atoms with E-state index in [4.69, 9.17) is 4.42 Å². The topological polar surface area (TPSA) is 116 Å². The molecule has 1 aliphatic heterocycles. The largest absolute Gasteiger partial charge is 0.468 e. The highest BCUT2D eigenvalue weighted by Gasteiger charge is 2.48. The minimum absolute atomic E-state index is 0.00561. The molecule has 3 fully saturated rings. The maximum atomic E-state index is 13.8. The molecule has 1 aromatic carbocycles. The van der Waals surface area contributed by atoms with E-state index >= 15 is 0 Å². The fraction of sp³-hybridized carbons (Fsp3) is 0.560. The smallest absolute Gasteiger partial charge is 0.437 e. The van der Waals surface area contributed by atoms with Gasteiger partial charge in [-0.15, -0.1) is 0 Å². The molecule has 5 rings (SSSR count). The number of carbonyl (C=O) groups is 1. The van der Waals surface area contributed by atoms with Gasteiger partial charge in [0, 0.05) is 36.2 Å². The lowest BCUT2D eigenvalue weighted by atomic mass is 9.76. The van der Waals surface area contributed by atoms with Gasteiger partial charge in [0.25, 0.3) is 0 Å². The van der Waals surface area contributed by atoms with Gasteiger partial charge >= 0.3 is 12.1 Å². The first kappa shape index (κ1) is 25.6. The van der Waals surface area contributed by atoms with Crippen molar-refractivity contribution in [3.63, 3.8) is 0 Å². The van der Waals surface area contributed by atoms with E-state index in [1.807, 2.05) is 4.90 Å². The Kier molecular flexibility index (Phi) is 6.46. The second kappa shape index (κ2) is 9.35. The van der Waals surface area contributed by atoms with Gasteiger partial charge in [-0.25, -0.2) is 13.4 Å². The van der Waals surface area contributed by atoms with Gasteiger partial charge in [0.1, 0.15) is 17.0 Å². The molecular formula is C25H27F3N4O4S. The number of halogens is 3. The zero-order valence-electron chi connectivity index (χ0n) is 20.1. The average Bonchev–Trinajstić information content (AvgIpc) is 3.49. The monoisotopic (exact) mass is 536 g/mol. The number of oxazole rings is 1. The van der Waals surface area contributed by atoms with Gasteiger partial charge < -0.3 is 14.6 Å². The first-order valence-electron chi connectivity index (χ1n) is 12.4. The molecule has 2 saturated carbocycles. The van der Waals surface area contributed by atoms with Crippen LogP contribution in [0.5, 0.6) is 0 Å². The molecule has 2 aromatic rings. The molecule has 12 heteroatoms. The predicted octanol–water partition coefficient (Wildman–Crippen LogP) is 4.04. The second-order valence-electron chi connectivity index (χ2n) is 10.1. The molecule has 2 aliphatic carbocycles. The van der Waals surface area contributed by atoms with Crippen molar-refractivity contribution in [2.24, 2.45) is 5.92 Å². The van der Waals surface area contributed by atoms with Crippen LogP contribution in [0.2, 0.25) is 0 Å². The van der Waals surface area contributed by atoms with Crippen molar-refractivity contribution >= 4 is 21.4 Å². The summed E-state index contributed by atoms with van der Waals surface area (Å²) >= 11 is 0. The van der Waals surface area contributed by atoms with Gasteiger partial charge in [0.2, 0.25) is 5.91 Å². The highest BCUT2D eigenvalue weighted by Crippen LogP contribution is 2.47. The van der Waals surface area contributed by atoms with Crippen LogP contribution in [0.25, 0.3) is 11.3 Å². The number of aromatic nitrogens is 1. The number of anilines is 1. The van der Waals surface area contributed by atoms with Crippen LogP contribution in [0.3, 0.4) is 0 Å². The molecule has 2 atom stereocenters. The van der Waals surface area contributed by atoms with E-state index in [1.165, 1.54) is 0 Å². The highest BCUT2D eigenvalue weighted by atomic mass is 32.2. The van der Waals surface area contributed by atoms with E-state index in [0.717, 1.165) is 6.42 Å². The third-order valence-corrected chi connectivity index (χ3v) is 9.12. The van der Waals surface area contributed by atoms with Crippen LogP contribution in [-0.4, -0.2) is 49.4 Å². The fourth-order valence-corrected chi connectivity index (χ4v) is 6.48. The van der Waals surface area contributed by atoms with E-state index < -0.39 is 39.3 Å². The predicted molar refractivity (Wildman–Crippen MR) is 128 cm³/mol. The lowest BCUT2D eigenvalue weighted by molar-refractivity contribution is -0.157. The van der Waals surface area contributed by atoms with E-state index in [0.29, 0.717) is 43.4 Å². The summed E-state index contributed by atoms with van der Waals surface area (Å²) in [5.41, 5.74) is 0.0969. The molecule has 1 N–H and O–H groups in total. The van der Waals surface area contributed by atoms with Crippen molar-refractivity contribution in [1.82, 2.24) is 10.3 Å². The van der Waals surface area contributed by atoms with Crippen LogP contribution in [0.4, 0.5) is 18.9 Å². The number of hydrogen-bond acceptors (Lipinski definition) is 7. The lowest BCUT2D eigenvalue weighted by Crippen LogP contribution is -2.42. The van der Waals surface area contributed by atoms with Crippen LogP contribution in [0, 0.1) is 17.2 Å². The lowest BCUT2D eigenvalue weighted by Gasteiger charge is -2.32. The maximum Gasteiger partial charge on any atom is 0.468 e. The van der Waals surface area contributed by atoms with Gasteiger partial charge in [-0.2, -0.15) is 18.4 Å². The number of nitriles is 1. The number of para-hydroxylation sites is 1. The quantitative estimate of drug-likeness (QED) is 0.613. The summed E-state index contributed by atoms with van der Waals surface area (Å²) in [6.07, 6.45) is -1.36. The molecule has 1 aromatic heterocycles. The van der Waals surface area contributed by atoms with Gasteiger partial charge in [-0.05, 0) is 31.7 Å². The van der Waals surface area contributed by atoms with Gasteiger partial charge in [-0.1, -0.05) is 31.0 Å². The summed E-state index contributed by atoms with van der Waals surface area (Å²) in [7, 11) is -3.16. The zero-order chi connectivity index (χ0) is 26.4. The van der Waals surface area contributed by atoms with Crippen LogP contribution in [0.1, 0.15) is 56.1 Å². The number of hydrogen-bond donors (Lipinski definition) is 1. The summed E-state index contributed by atoms with van der Waals surface area (Å²) in [4.78, 5) is 18.9. The SMILES string of the molecule is N#CC1(NC(=O)[C@@H]2CCCC[C@H]2c2oc(C(F)(F)F)nc2-c2ccccc2N2CCS(=O)(=O)CC2)CC1. The molecule has 2 heterocycles. The zero-order valence-corrected chi connectivity index (χ0v) is 20.9. The Bertz CT molecular complexity index is 1330. The van der Waals surface area contributed by atoms with Crippen LogP contribution < -0.4 is 10.2 Å². The Hall–Kier alpha value is -3.07. The van der Waals surface area contributed by atoms with Crippen LogP contribution >= 0.6 is 0 Å². The standard InChI is InChI=1S/C25H27F3N4O4S/c26-25(27,28)23-30-20(18-7-3-4-8-19(18)32-11-13-37(34,35)14-12-32)21(36-23)16-5-1-2-6-17(16)22(33)31-24(15-29)9-10-24/h3-4,7-8,16-17H,1-2,5-6,9-14H2,(H,31,33)/t16-,17-/m1/s1. The number of benzene rings is 1. The maximum absolute atomic E-state index is 13.8. The summed E-state index contributed by atoms with van der Waals surface area (Å²) in [6.45, 7) is 0.423. The third kappa shape index (κ3) is 5.19. The molecule has 1 amide bonds. The summed E-state index contributed by atoms with van der Waals surface area (Å²) < 4.78 is 70.7. The van der Waals surface area contributed by atoms with Crippen molar-refractivity contribution in [3.8, 4) is 17.3 Å². The highest BCUT2D eigenvalue weighted by molar-refractivity contribution is 7.91. The molecule has 8 nitrogen and oxygen atoms in total. The Morgan fingerprint density at radius 1 is 1.16 bits per heavy atom. The van der Waals surface area contributed by atoms with Gasteiger partial charge in [0.05, 0.1) is 17.6 Å². The minimum Gasteiger partial charge on any atom is -0.437 e. The van der Waals surface area contributed by atoms with E-state index in [2.05, 4.69) is 16.4 Å². The average molecular weight is 537 g/mol. The number of amides is 1. The molecule has 0 unspecified atom stereocenters. The Morgan fingerprint density at radius 3 is 2.49 bits per heavy atom.